The Kier molecular flexibility index (Phi) is 13.7. The Labute approximate surface area is 259 Å². The normalized spacial score (nSPS) is 16.8. The van der Waals surface area contributed by atoms with Crippen molar-refractivity contribution in [2.75, 3.05) is 12.3 Å². The minimum absolute atomic E-state index is 0.0731. The zero-order chi connectivity index (χ0) is 30.4. The van der Waals surface area contributed by atoms with Crippen molar-refractivity contribution in [2.24, 2.45) is 5.92 Å². The van der Waals surface area contributed by atoms with Crippen LogP contribution in [0.3, 0.4) is 0 Å². The maximum absolute atomic E-state index is 13.6. The SMILES string of the molecule is CCCCCCNS(=O)(=O)CCCCCC/C=C/CC(=O)N1C(=S)OC(c2ccccc2)(c2ccccc2)[C@@H]1C(C)C. The van der Waals surface area contributed by atoms with Gasteiger partial charge in [0, 0.05) is 24.1 Å². The van der Waals surface area contributed by atoms with E-state index in [1.807, 2.05) is 72.8 Å². The van der Waals surface area contributed by atoms with Gasteiger partial charge in [0.15, 0.2) is 5.60 Å². The Morgan fingerprint density at radius 1 is 0.929 bits per heavy atom. The molecule has 1 amide bonds. The van der Waals surface area contributed by atoms with E-state index in [0.717, 1.165) is 62.5 Å². The average molecular weight is 613 g/mol. The maximum atomic E-state index is 13.6. The summed E-state index contributed by atoms with van der Waals surface area (Å²) in [5, 5.41) is 0.213. The maximum Gasteiger partial charge on any atom is 0.267 e. The van der Waals surface area contributed by atoms with Crippen LogP contribution >= 0.6 is 12.2 Å². The first-order valence-electron chi connectivity index (χ1n) is 15.5. The van der Waals surface area contributed by atoms with E-state index in [4.69, 9.17) is 17.0 Å². The van der Waals surface area contributed by atoms with E-state index in [2.05, 4.69) is 25.5 Å². The number of hydrogen-bond acceptors (Lipinski definition) is 5. The molecule has 42 heavy (non-hydrogen) atoms. The fraction of sp³-hybridized carbons (Fsp3) is 0.529. The molecule has 1 aliphatic rings. The molecule has 6 nitrogen and oxygen atoms in total. The van der Waals surface area contributed by atoms with E-state index < -0.39 is 15.6 Å². The first-order valence-corrected chi connectivity index (χ1v) is 17.6. The van der Waals surface area contributed by atoms with E-state index in [1.54, 1.807) is 4.90 Å². The zero-order valence-electron chi connectivity index (χ0n) is 25.5. The van der Waals surface area contributed by atoms with E-state index >= 15 is 0 Å². The Bertz CT molecular complexity index is 1210. The number of nitrogens with one attached hydrogen (secondary N) is 1. The predicted octanol–water partition coefficient (Wildman–Crippen LogP) is 7.50. The van der Waals surface area contributed by atoms with E-state index in [-0.39, 0.29) is 35.2 Å². The third-order valence-corrected chi connectivity index (χ3v) is 9.54. The van der Waals surface area contributed by atoms with Crippen molar-refractivity contribution >= 4 is 33.3 Å². The lowest BCUT2D eigenvalue weighted by molar-refractivity contribution is -0.128. The van der Waals surface area contributed by atoms with Gasteiger partial charge in [-0.2, -0.15) is 0 Å². The summed E-state index contributed by atoms with van der Waals surface area (Å²) < 4.78 is 33.5. The molecule has 1 saturated heterocycles. The van der Waals surface area contributed by atoms with Crippen LogP contribution in [0.15, 0.2) is 72.8 Å². The van der Waals surface area contributed by atoms with Crippen LogP contribution in [0.2, 0.25) is 0 Å². The van der Waals surface area contributed by atoms with Crippen LogP contribution < -0.4 is 4.72 Å². The minimum atomic E-state index is -3.17. The second kappa shape index (κ2) is 16.9. The van der Waals surface area contributed by atoms with Gasteiger partial charge in [0.05, 0.1) is 11.8 Å². The highest BCUT2D eigenvalue weighted by Crippen LogP contribution is 2.47. The van der Waals surface area contributed by atoms with E-state index in [0.29, 0.717) is 13.0 Å². The number of carbonyl (C=O) groups is 1. The van der Waals surface area contributed by atoms with Crippen molar-refractivity contribution in [2.45, 2.75) is 96.6 Å². The highest BCUT2D eigenvalue weighted by Gasteiger charge is 2.57. The molecule has 0 bridgehead atoms. The van der Waals surface area contributed by atoms with Gasteiger partial charge in [0.1, 0.15) is 0 Å². The number of sulfonamides is 1. The van der Waals surface area contributed by atoms with Crippen LogP contribution in [-0.2, 0) is 25.2 Å². The number of nitrogens with zero attached hydrogens (tertiary/aromatic N) is 1. The van der Waals surface area contributed by atoms with Crippen molar-refractivity contribution < 1.29 is 17.9 Å². The molecule has 1 atom stereocenters. The van der Waals surface area contributed by atoms with Gasteiger partial charge in [-0.25, -0.2) is 13.1 Å². The van der Waals surface area contributed by atoms with Gasteiger partial charge in [-0.3, -0.25) is 9.69 Å². The molecule has 230 valence electrons. The Balaban J connectivity index is 1.51. The summed E-state index contributed by atoms with van der Waals surface area (Å²) in [5.74, 6) is 0.197. The first-order chi connectivity index (χ1) is 20.2. The topological polar surface area (TPSA) is 75.7 Å². The van der Waals surface area contributed by atoms with Crippen molar-refractivity contribution in [1.29, 1.82) is 0 Å². The van der Waals surface area contributed by atoms with Gasteiger partial charge in [-0.1, -0.05) is 126 Å². The third kappa shape index (κ3) is 9.22. The van der Waals surface area contributed by atoms with Crippen molar-refractivity contribution in [3.63, 3.8) is 0 Å². The van der Waals surface area contributed by atoms with Gasteiger partial charge in [0.25, 0.3) is 5.17 Å². The summed E-state index contributed by atoms with van der Waals surface area (Å²) in [4.78, 5) is 15.2. The molecule has 0 aromatic heterocycles. The van der Waals surface area contributed by atoms with Crippen LogP contribution in [0, 0.1) is 5.92 Å². The number of rotatable bonds is 18. The number of amides is 1. The summed E-state index contributed by atoms with van der Waals surface area (Å²) in [5.41, 5.74) is 1.06. The summed E-state index contributed by atoms with van der Waals surface area (Å²) in [6.45, 7) is 6.89. The van der Waals surface area contributed by atoms with Crippen molar-refractivity contribution in [3.05, 3.63) is 83.9 Å². The standard InChI is InChI=1S/C34H48N2O4S2/c1-4-5-6-19-26-35-42(38,39)27-20-11-9-7-8-10-18-25-31(37)36-32(28(2)3)34(40-33(36)41,29-21-14-12-15-22-29)30-23-16-13-17-24-30/h10,12-18,21-24,28,32,35H,4-9,11,19-20,25-27H2,1-3H3/b18-10+/t32-/m0/s1. The number of benzene rings is 2. The van der Waals surface area contributed by atoms with Gasteiger partial charge in [-0.05, 0) is 43.8 Å². The fourth-order valence-corrected chi connectivity index (χ4v) is 7.26. The number of hydrogen-bond donors (Lipinski definition) is 1. The number of allylic oxidation sites excluding steroid dienone is 1. The molecule has 1 N–H and O–H groups in total. The lowest BCUT2D eigenvalue weighted by atomic mass is 9.75. The lowest BCUT2D eigenvalue weighted by Gasteiger charge is -2.38. The zero-order valence-corrected chi connectivity index (χ0v) is 27.1. The lowest BCUT2D eigenvalue weighted by Crippen LogP contribution is -2.49. The monoisotopic (exact) mass is 612 g/mol. The summed E-state index contributed by atoms with van der Waals surface area (Å²) in [6.07, 6.45) is 12.8. The molecule has 0 saturated carbocycles. The Morgan fingerprint density at radius 2 is 1.52 bits per heavy atom. The Morgan fingerprint density at radius 3 is 2.12 bits per heavy atom. The molecule has 8 heteroatoms. The van der Waals surface area contributed by atoms with Crippen molar-refractivity contribution in [3.8, 4) is 0 Å². The van der Waals surface area contributed by atoms with Crippen LogP contribution in [0.1, 0.15) is 96.1 Å². The average Bonchev–Trinajstić information content (AvgIpc) is 3.31. The van der Waals surface area contributed by atoms with Gasteiger partial charge in [0.2, 0.25) is 15.9 Å². The summed E-state index contributed by atoms with van der Waals surface area (Å²) >= 11 is 5.70. The molecule has 0 aliphatic carbocycles. The molecular formula is C34H48N2O4S2. The molecular weight excluding hydrogens is 565 g/mol. The molecule has 2 aromatic rings. The van der Waals surface area contributed by atoms with Crippen LogP contribution in [0.4, 0.5) is 0 Å². The van der Waals surface area contributed by atoms with Gasteiger partial charge in [-0.15, -0.1) is 0 Å². The quantitative estimate of drug-likeness (QED) is 0.107. The molecule has 0 radical (unpaired) electrons. The molecule has 0 spiro atoms. The van der Waals surface area contributed by atoms with Crippen molar-refractivity contribution in [1.82, 2.24) is 9.62 Å². The van der Waals surface area contributed by atoms with Crippen LogP contribution in [0.25, 0.3) is 0 Å². The molecule has 1 aliphatic heterocycles. The highest BCUT2D eigenvalue weighted by atomic mass is 32.2. The largest absolute Gasteiger partial charge is 0.452 e. The smallest absolute Gasteiger partial charge is 0.267 e. The number of ether oxygens (including phenoxy) is 1. The number of thiocarbonyl (C=S) groups is 1. The summed E-state index contributed by atoms with van der Waals surface area (Å²) in [6, 6.07) is 19.8. The molecule has 3 rings (SSSR count). The first kappa shape index (κ1) is 33.9. The molecule has 1 fully saturated rings. The van der Waals surface area contributed by atoms with Crippen LogP contribution in [0.5, 0.6) is 0 Å². The summed E-state index contributed by atoms with van der Waals surface area (Å²) in [7, 11) is -3.17. The third-order valence-electron chi connectivity index (χ3n) is 7.79. The Hall–Kier alpha value is -2.55. The number of unbranched alkanes of at least 4 members (excludes halogenated alkanes) is 7. The predicted molar refractivity (Wildman–Crippen MR) is 176 cm³/mol. The second-order valence-corrected chi connectivity index (χ2v) is 13.7. The second-order valence-electron chi connectivity index (χ2n) is 11.4. The van der Waals surface area contributed by atoms with Gasteiger partial charge < -0.3 is 4.74 Å². The molecule has 0 unspecified atom stereocenters. The number of carbonyl (C=O) groups excluding carboxylic acids is 1. The van der Waals surface area contributed by atoms with Gasteiger partial charge >= 0.3 is 0 Å². The van der Waals surface area contributed by atoms with E-state index in [1.165, 1.54) is 0 Å². The van der Waals surface area contributed by atoms with Crippen LogP contribution in [-0.4, -0.2) is 42.7 Å². The highest BCUT2D eigenvalue weighted by molar-refractivity contribution is 7.89. The molecule has 1 heterocycles. The minimum Gasteiger partial charge on any atom is -0.452 e. The molecule has 2 aromatic carbocycles. The van der Waals surface area contributed by atoms with E-state index in [9.17, 15) is 13.2 Å². The fourth-order valence-electron chi connectivity index (χ4n) is 5.72.